The number of rotatable bonds is 5. The third kappa shape index (κ3) is 4.20. The smallest absolute Gasteiger partial charge is 0.261 e. The zero-order chi connectivity index (χ0) is 16.4. The van der Waals surface area contributed by atoms with Gasteiger partial charge in [-0.2, -0.15) is 0 Å². The van der Waals surface area contributed by atoms with Gasteiger partial charge < -0.3 is 5.32 Å². The fraction of sp³-hybridized carbons (Fsp3) is 0.533. The number of hydrogen-bond donors (Lipinski definition) is 1. The Balaban J connectivity index is 3.29. The second kappa shape index (κ2) is 6.36. The Hall–Kier alpha value is -1.07. The summed E-state index contributed by atoms with van der Waals surface area (Å²) in [5, 5.41) is 2.92. The standard InChI is InChI=1S/C15H22ClNO3S/c1-6-11-9-12(21(16,19)20)8-10(3)13(11)17-14(18)15(4,5)7-2/h8-9H,6-7H2,1-5H3,(H,17,18). The van der Waals surface area contributed by atoms with E-state index in [1.807, 2.05) is 27.7 Å². The van der Waals surface area contributed by atoms with Gasteiger partial charge in [0, 0.05) is 21.8 Å². The van der Waals surface area contributed by atoms with E-state index in [9.17, 15) is 13.2 Å². The van der Waals surface area contributed by atoms with Crippen LogP contribution in [0.4, 0.5) is 5.69 Å². The molecule has 1 aromatic rings. The topological polar surface area (TPSA) is 63.2 Å². The average molecular weight is 332 g/mol. The first-order valence-electron chi connectivity index (χ1n) is 6.92. The number of benzene rings is 1. The lowest BCUT2D eigenvalue weighted by Gasteiger charge is -2.23. The highest BCUT2D eigenvalue weighted by Crippen LogP contribution is 2.30. The van der Waals surface area contributed by atoms with Crippen LogP contribution in [-0.4, -0.2) is 14.3 Å². The molecule has 0 atom stereocenters. The van der Waals surface area contributed by atoms with Gasteiger partial charge in [0.2, 0.25) is 5.91 Å². The molecule has 1 N–H and O–H groups in total. The molecule has 0 saturated heterocycles. The Labute approximate surface area is 131 Å². The van der Waals surface area contributed by atoms with E-state index in [-0.39, 0.29) is 10.8 Å². The van der Waals surface area contributed by atoms with Gasteiger partial charge in [0.1, 0.15) is 0 Å². The van der Waals surface area contributed by atoms with Crippen molar-refractivity contribution < 1.29 is 13.2 Å². The first kappa shape index (κ1) is 18.0. The Morgan fingerprint density at radius 3 is 2.29 bits per heavy atom. The predicted molar refractivity (Wildman–Crippen MR) is 86.3 cm³/mol. The van der Waals surface area contributed by atoms with Crippen molar-refractivity contribution in [3.05, 3.63) is 23.3 Å². The second-order valence-corrected chi connectivity index (χ2v) is 8.32. The molecule has 0 fully saturated rings. The van der Waals surface area contributed by atoms with Crippen molar-refractivity contribution in [3.8, 4) is 0 Å². The maximum Gasteiger partial charge on any atom is 0.261 e. The maximum atomic E-state index is 12.3. The molecule has 0 radical (unpaired) electrons. The van der Waals surface area contributed by atoms with Crippen LogP contribution in [0.5, 0.6) is 0 Å². The lowest BCUT2D eigenvalue weighted by atomic mass is 9.89. The summed E-state index contributed by atoms with van der Waals surface area (Å²) >= 11 is 0. The first-order chi connectivity index (χ1) is 9.52. The van der Waals surface area contributed by atoms with Crippen molar-refractivity contribution in [2.75, 3.05) is 5.32 Å². The van der Waals surface area contributed by atoms with Crippen LogP contribution in [-0.2, 0) is 20.3 Å². The summed E-state index contributed by atoms with van der Waals surface area (Å²) < 4.78 is 22.9. The van der Waals surface area contributed by atoms with Crippen molar-refractivity contribution >= 4 is 31.3 Å². The van der Waals surface area contributed by atoms with E-state index in [0.29, 0.717) is 24.1 Å². The van der Waals surface area contributed by atoms with E-state index in [2.05, 4.69) is 5.32 Å². The largest absolute Gasteiger partial charge is 0.325 e. The monoisotopic (exact) mass is 331 g/mol. The quantitative estimate of drug-likeness (QED) is 0.833. The number of halogens is 1. The molecule has 0 unspecified atom stereocenters. The van der Waals surface area contributed by atoms with Crippen LogP contribution in [0.2, 0.25) is 0 Å². The van der Waals surface area contributed by atoms with Crippen LogP contribution in [0.3, 0.4) is 0 Å². The van der Waals surface area contributed by atoms with Gasteiger partial charge in [-0.1, -0.05) is 27.7 Å². The van der Waals surface area contributed by atoms with Gasteiger partial charge >= 0.3 is 0 Å². The third-order valence-electron chi connectivity index (χ3n) is 3.79. The van der Waals surface area contributed by atoms with Crippen molar-refractivity contribution in [2.24, 2.45) is 5.41 Å². The van der Waals surface area contributed by atoms with Crippen LogP contribution >= 0.6 is 10.7 Å². The summed E-state index contributed by atoms with van der Waals surface area (Å²) in [6, 6.07) is 3.00. The SMILES string of the molecule is CCc1cc(S(=O)(=O)Cl)cc(C)c1NC(=O)C(C)(C)CC. The second-order valence-electron chi connectivity index (χ2n) is 5.76. The van der Waals surface area contributed by atoms with E-state index in [1.165, 1.54) is 12.1 Å². The number of amides is 1. The molecule has 0 aliphatic heterocycles. The van der Waals surface area contributed by atoms with E-state index in [4.69, 9.17) is 10.7 Å². The zero-order valence-electron chi connectivity index (χ0n) is 13.1. The summed E-state index contributed by atoms with van der Waals surface area (Å²) in [7, 11) is 1.62. The molecule has 0 aliphatic carbocycles. The minimum Gasteiger partial charge on any atom is -0.325 e. The summed E-state index contributed by atoms with van der Waals surface area (Å²) in [4.78, 5) is 12.4. The van der Waals surface area contributed by atoms with Crippen molar-refractivity contribution in [1.82, 2.24) is 0 Å². The Morgan fingerprint density at radius 1 is 1.29 bits per heavy atom. The van der Waals surface area contributed by atoms with E-state index < -0.39 is 14.5 Å². The molecule has 0 saturated carbocycles. The lowest BCUT2D eigenvalue weighted by molar-refractivity contribution is -0.124. The highest BCUT2D eigenvalue weighted by atomic mass is 35.7. The lowest BCUT2D eigenvalue weighted by Crippen LogP contribution is -2.30. The molecule has 21 heavy (non-hydrogen) atoms. The molecule has 0 bridgehead atoms. The van der Waals surface area contributed by atoms with Crippen LogP contribution < -0.4 is 5.32 Å². The van der Waals surface area contributed by atoms with E-state index in [1.54, 1.807) is 6.92 Å². The zero-order valence-corrected chi connectivity index (χ0v) is 14.7. The van der Waals surface area contributed by atoms with Gasteiger partial charge in [0.15, 0.2) is 0 Å². The highest BCUT2D eigenvalue weighted by molar-refractivity contribution is 8.13. The van der Waals surface area contributed by atoms with Crippen LogP contribution in [0.15, 0.2) is 17.0 Å². The van der Waals surface area contributed by atoms with Crippen molar-refractivity contribution in [2.45, 2.75) is 52.4 Å². The molecule has 0 aliphatic rings. The maximum absolute atomic E-state index is 12.3. The predicted octanol–water partition coefficient (Wildman–Crippen LogP) is 3.86. The normalized spacial score (nSPS) is 12.3. The van der Waals surface area contributed by atoms with Gasteiger partial charge in [-0.25, -0.2) is 8.42 Å². The number of hydrogen-bond acceptors (Lipinski definition) is 3. The fourth-order valence-corrected chi connectivity index (χ4v) is 2.73. The minimum absolute atomic E-state index is 0.0614. The molecule has 1 aromatic carbocycles. The number of anilines is 1. The number of nitrogens with one attached hydrogen (secondary N) is 1. The van der Waals surface area contributed by atoms with Gasteiger partial charge in [-0.3, -0.25) is 4.79 Å². The van der Waals surface area contributed by atoms with Crippen molar-refractivity contribution in [1.29, 1.82) is 0 Å². The van der Waals surface area contributed by atoms with Gasteiger partial charge in [-0.15, -0.1) is 0 Å². The average Bonchev–Trinajstić information content (AvgIpc) is 2.39. The molecule has 4 nitrogen and oxygen atoms in total. The van der Waals surface area contributed by atoms with Crippen LogP contribution in [0.25, 0.3) is 0 Å². The number of carbonyl (C=O) groups excluding carboxylic acids is 1. The fourth-order valence-electron chi connectivity index (χ4n) is 1.87. The summed E-state index contributed by atoms with van der Waals surface area (Å²) in [5.41, 5.74) is 1.64. The highest BCUT2D eigenvalue weighted by Gasteiger charge is 2.26. The van der Waals surface area contributed by atoms with Gasteiger partial charge in [0.25, 0.3) is 9.05 Å². The van der Waals surface area contributed by atoms with Gasteiger partial charge in [-0.05, 0) is 43.0 Å². The summed E-state index contributed by atoms with van der Waals surface area (Å²) in [5.74, 6) is -0.0794. The summed E-state index contributed by atoms with van der Waals surface area (Å²) in [6.07, 6.45) is 1.32. The molecule has 0 heterocycles. The van der Waals surface area contributed by atoms with Gasteiger partial charge in [0.05, 0.1) is 4.90 Å². The molecule has 0 aromatic heterocycles. The molecule has 1 rings (SSSR count). The molecular formula is C15H22ClNO3S. The Morgan fingerprint density at radius 2 is 1.86 bits per heavy atom. The number of carbonyl (C=O) groups is 1. The Bertz CT molecular complexity index is 651. The summed E-state index contributed by atoms with van der Waals surface area (Å²) in [6.45, 7) is 9.37. The van der Waals surface area contributed by atoms with Crippen molar-refractivity contribution in [3.63, 3.8) is 0 Å². The Kier molecular flexibility index (Phi) is 5.45. The molecule has 118 valence electrons. The third-order valence-corrected chi connectivity index (χ3v) is 5.12. The van der Waals surface area contributed by atoms with Crippen LogP contribution in [0.1, 0.15) is 45.2 Å². The molecule has 0 spiro atoms. The minimum atomic E-state index is -3.78. The van der Waals surface area contributed by atoms with Crippen LogP contribution in [0, 0.1) is 12.3 Å². The number of aryl methyl sites for hydroxylation is 2. The first-order valence-corrected chi connectivity index (χ1v) is 9.23. The molecule has 6 heteroatoms. The van der Waals surface area contributed by atoms with E-state index >= 15 is 0 Å². The van der Waals surface area contributed by atoms with E-state index in [0.717, 1.165) is 5.56 Å². The molecule has 1 amide bonds. The molecular weight excluding hydrogens is 310 g/mol.